The van der Waals surface area contributed by atoms with Gasteiger partial charge in [-0.2, -0.15) is 12.7 Å². The molecule has 2 rings (SSSR count). The first-order chi connectivity index (χ1) is 9.28. The van der Waals surface area contributed by atoms with Crippen LogP contribution in [0.2, 0.25) is 0 Å². The summed E-state index contributed by atoms with van der Waals surface area (Å²) in [5.41, 5.74) is -2.12. The molecule has 0 atom stereocenters. The summed E-state index contributed by atoms with van der Waals surface area (Å²) < 4.78 is 57.3. The summed E-state index contributed by atoms with van der Waals surface area (Å²) in [5, 5.41) is 5.00. The zero-order chi connectivity index (χ0) is 15.0. The number of methoxy groups -OCH3 is 1. The molecule has 0 amide bonds. The Labute approximate surface area is 116 Å². The summed E-state index contributed by atoms with van der Waals surface area (Å²) >= 11 is 0. The van der Waals surface area contributed by atoms with E-state index in [1.807, 2.05) is 0 Å². The average molecular weight is 306 g/mol. The van der Waals surface area contributed by atoms with E-state index in [-0.39, 0.29) is 37.2 Å². The van der Waals surface area contributed by atoms with E-state index in [0.29, 0.717) is 0 Å². The number of hydrogen-bond acceptors (Lipinski definition) is 3. The quantitative estimate of drug-likeness (QED) is 0.915. The van der Waals surface area contributed by atoms with Crippen molar-refractivity contribution >= 4 is 10.2 Å². The number of nitrogens with zero attached hydrogens (tertiary/aromatic N) is 1. The molecule has 5 nitrogen and oxygen atoms in total. The molecule has 0 bridgehead atoms. The standard InChI is InChI=1S/C12H16F2N2O3S/c1-19-10-4-2-3-9(13)11(10)12(14)5-7-16(8-6-12)20(15,17)18/h2-4H,5-8H2,1H3,(H2,15,17,18). The van der Waals surface area contributed by atoms with Crippen LogP contribution in [0.25, 0.3) is 0 Å². The Morgan fingerprint density at radius 2 is 1.95 bits per heavy atom. The summed E-state index contributed by atoms with van der Waals surface area (Å²) in [6.07, 6.45) is -0.332. The van der Waals surface area contributed by atoms with E-state index in [9.17, 15) is 17.2 Å². The first-order valence-corrected chi connectivity index (χ1v) is 7.58. The minimum absolute atomic E-state index is 0.0905. The molecule has 1 fully saturated rings. The van der Waals surface area contributed by atoms with Gasteiger partial charge in [0.2, 0.25) is 0 Å². The second-order valence-electron chi connectivity index (χ2n) is 4.73. The molecule has 0 aliphatic carbocycles. The summed E-state index contributed by atoms with van der Waals surface area (Å²) in [6, 6.07) is 4.07. The highest BCUT2D eigenvalue weighted by Crippen LogP contribution is 2.43. The van der Waals surface area contributed by atoms with Crippen LogP contribution < -0.4 is 9.88 Å². The minimum atomic E-state index is -3.84. The van der Waals surface area contributed by atoms with Gasteiger partial charge in [0.1, 0.15) is 17.2 Å². The molecule has 8 heteroatoms. The zero-order valence-electron chi connectivity index (χ0n) is 11.0. The Morgan fingerprint density at radius 3 is 2.45 bits per heavy atom. The maximum absolute atomic E-state index is 15.0. The number of ether oxygens (including phenoxy) is 1. The first kappa shape index (κ1) is 15.1. The fourth-order valence-corrected chi connectivity index (χ4v) is 3.15. The molecule has 112 valence electrons. The molecule has 1 aliphatic rings. The predicted molar refractivity (Wildman–Crippen MR) is 69.7 cm³/mol. The molecule has 0 aromatic heterocycles. The molecule has 1 aromatic carbocycles. The van der Waals surface area contributed by atoms with Crippen molar-refractivity contribution in [2.75, 3.05) is 20.2 Å². The average Bonchev–Trinajstić information content (AvgIpc) is 2.37. The highest BCUT2D eigenvalue weighted by molar-refractivity contribution is 7.86. The maximum Gasteiger partial charge on any atom is 0.276 e. The molecular weight excluding hydrogens is 290 g/mol. The van der Waals surface area contributed by atoms with Crippen LogP contribution in [-0.4, -0.2) is 32.9 Å². The number of piperidine rings is 1. The lowest BCUT2D eigenvalue weighted by Gasteiger charge is -2.35. The third-order valence-electron chi connectivity index (χ3n) is 3.52. The molecule has 0 unspecified atom stereocenters. The lowest BCUT2D eigenvalue weighted by atomic mass is 9.86. The maximum atomic E-state index is 15.0. The van der Waals surface area contributed by atoms with Gasteiger partial charge in [0.05, 0.1) is 12.7 Å². The smallest absolute Gasteiger partial charge is 0.276 e. The second kappa shape index (κ2) is 5.27. The highest BCUT2D eigenvalue weighted by Gasteiger charge is 2.42. The van der Waals surface area contributed by atoms with Gasteiger partial charge in [0, 0.05) is 13.1 Å². The van der Waals surface area contributed by atoms with Crippen molar-refractivity contribution in [3.05, 3.63) is 29.6 Å². The third kappa shape index (κ3) is 2.77. The number of nitrogens with two attached hydrogens (primary N) is 1. The molecule has 0 spiro atoms. The van der Waals surface area contributed by atoms with Crippen LogP contribution in [0.15, 0.2) is 18.2 Å². The van der Waals surface area contributed by atoms with E-state index in [0.717, 1.165) is 10.4 Å². The molecular formula is C12H16F2N2O3S. The topological polar surface area (TPSA) is 72.6 Å². The molecule has 2 N–H and O–H groups in total. The summed E-state index contributed by atoms with van der Waals surface area (Å²) in [4.78, 5) is 0. The van der Waals surface area contributed by atoms with Crippen LogP contribution in [0.3, 0.4) is 0 Å². The number of hydrogen-bond donors (Lipinski definition) is 1. The van der Waals surface area contributed by atoms with Gasteiger partial charge < -0.3 is 4.74 Å². The van der Waals surface area contributed by atoms with Gasteiger partial charge in [-0.05, 0) is 25.0 Å². The van der Waals surface area contributed by atoms with Crippen molar-refractivity contribution in [3.8, 4) is 5.75 Å². The van der Waals surface area contributed by atoms with Crippen LogP contribution in [-0.2, 0) is 15.9 Å². The molecule has 1 aromatic rings. The van der Waals surface area contributed by atoms with Gasteiger partial charge in [-0.25, -0.2) is 13.9 Å². The number of rotatable bonds is 3. The van der Waals surface area contributed by atoms with E-state index in [4.69, 9.17) is 9.88 Å². The first-order valence-electron chi connectivity index (χ1n) is 6.08. The highest BCUT2D eigenvalue weighted by atomic mass is 32.2. The van der Waals surface area contributed by atoms with Gasteiger partial charge in [-0.15, -0.1) is 0 Å². The number of benzene rings is 1. The molecule has 20 heavy (non-hydrogen) atoms. The molecule has 1 heterocycles. The fraction of sp³-hybridized carbons (Fsp3) is 0.500. The molecule has 1 aliphatic heterocycles. The Morgan fingerprint density at radius 1 is 1.35 bits per heavy atom. The third-order valence-corrected chi connectivity index (χ3v) is 4.60. The van der Waals surface area contributed by atoms with Crippen molar-refractivity contribution in [3.63, 3.8) is 0 Å². The number of alkyl halides is 1. The van der Waals surface area contributed by atoms with E-state index < -0.39 is 21.7 Å². The monoisotopic (exact) mass is 306 g/mol. The summed E-state index contributed by atoms with van der Waals surface area (Å²) in [7, 11) is -2.51. The Kier molecular flexibility index (Phi) is 3.99. The summed E-state index contributed by atoms with van der Waals surface area (Å²) in [6.45, 7) is -0.181. The fourth-order valence-electron chi connectivity index (χ4n) is 2.45. The Balaban J connectivity index is 2.31. The van der Waals surface area contributed by atoms with Crippen molar-refractivity contribution in [2.45, 2.75) is 18.5 Å². The van der Waals surface area contributed by atoms with Crippen molar-refractivity contribution < 1.29 is 21.9 Å². The lowest BCUT2D eigenvalue weighted by molar-refractivity contribution is 0.0800. The predicted octanol–water partition coefficient (Wildman–Crippen LogP) is 1.30. The van der Waals surface area contributed by atoms with E-state index in [1.54, 1.807) is 0 Å². The SMILES string of the molecule is COc1cccc(F)c1C1(F)CCN(S(N)(=O)=O)CC1. The molecule has 0 saturated carbocycles. The van der Waals surface area contributed by atoms with E-state index in [2.05, 4.69) is 0 Å². The molecule has 1 saturated heterocycles. The van der Waals surface area contributed by atoms with Crippen molar-refractivity contribution in [1.82, 2.24) is 4.31 Å². The van der Waals surface area contributed by atoms with Crippen LogP contribution >= 0.6 is 0 Å². The molecule has 0 radical (unpaired) electrons. The Hall–Kier alpha value is -1.25. The summed E-state index contributed by atoms with van der Waals surface area (Å²) in [5.74, 6) is -0.576. The van der Waals surface area contributed by atoms with Crippen molar-refractivity contribution in [2.24, 2.45) is 5.14 Å². The normalized spacial score (nSPS) is 19.8. The lowest BCUT2D eigenvalue weighted by Crippen LogP contribution is -2.46. The van der Waals surface area contributed by atoms with Gasteiger partial charge >= 0.3 is 0 Å². The van der Waals surface area contributed by atoms with Gasteiger partial charge in [-0.1, -0.05) is 6.07 Å². The largest absolute Gasteiger partial charge is 0.496 e. The van der Waals surface area contributed by atoms with Crippen molar-refractivity contribution in [1.29, 1.82) is 0 Å². The van der Waals surface area contributed by atoms with E-state index >= 15 is 0 Å². The second-order valence-corrected chi connectivity index (χ2v) is 6.27. The van der Waals surface area contributed by atoms with Crippen LogP contribution in [0.4, 0.5) is 8.78 Å². The van der Waals surface area contributed by atoms with Gasteiger partial charge in [0.25, 0.3) is 10.2 Å². The van der Waals surface area contributed by atoms with Crippen LogP contribution in [0.5, 0.6) is 5.75 Å². The van der Waals surface area contributed by atoms with Crippen LogP contribution in [0.1, 0.15) is 18.4 Å². The minimum Gasteiger partial charge on any atom is -0.496 e. The Bertz CT molecular complexity index is 599. The zero-order valence-corrected chi connectivity index (χ0v) is 11.8. The van der Waals surface area contributed by atoms with E-state index in [1.165, 1.54) is 19.2 Å². The number of halogens is 2. The van der Waals surface area contributed by atoms with Crippen LogP contribution in [0, 0.1) is 5.82 Å². The van der Waals surface area contributed by atoms with Gasteiger partial charge in [0.15, 0.2) is 0 Å². The van der Waals surface area contributed by atoms with Gasteiger partial charge in [-0.3, -0.25) is 0 Å².